The van der Waals surface area contributed by atoms with Crippen LogP contribution in [0.1, 0.15) is 65.8 Å². The largest absolute Gasteiger partial charge is 0.356 e. The molecule has 1 unspecified atom stereocenters. The number of carbonyl (C=O) groups excluding carboxylic acids is 5. The first-order chi connectivity index (χ1) is 16.8. The fourth-order valence-electron chi connectivity index (χ4n) is 4.78. The van der Waals surface area contributed by atoms with E-state index in [1.807, 2.05) is 38.1 Å². The van der Waals surface area contributed by atoms with Crippen molar-refractivity contribution in [1.82, 2.24) is 15.5 Å². The van der Waals surface area contributed by atoms with Crippen LogP contribution in [0.15, 0.2) is 42.5 Å². The molecule has 1 atom stereocenters. The summed E-state index contributed by atoms with van der Waals surface area (Å²) in [4.78, 5) is 63.6. The quantitative estimate of drug-likeness (QED) is 0.570. The van der Waals surface area contributed by atoms with Crippen LogP contribution in [-0.2, 0) is 20.8 Å². The lowest BCUT2D eigenvalue weighted by atomic mass is 9.95. The zero-order valence-corrected chi connectivity index (χ0v) is 19.9. The smallest absolute Gasteiger partial charge is 0.262 e. The molecular weight excluding hydrogens is 446 g/mol. The van der Waals surface area contributed by atoms with Crippen molar-refractivity contribution in [1.29, 1.82) is 0 Å². The molecule has 4 rings (SSSR count). The number of nitrogens with one attached hydrogen (secondary N) is 2. The Morgan fingerprint density at radius 1 is 1.03 bits per heavy atom. The van der Waals surface area contributed by atoms with Crippen LogP contribution in [0.3, 0.4) is 0 Å². The van der Waals surface area contributed by atoms with Gasteiger partial charge in [-0.15, -0.1) is 0 Å². The molecule has 2 aliphatic heterocycles. The second-order valence-electron chi connectivity index (χ2n) is 8.93. The third-order valence-electron chi connectivity index (χ3n) is 6.78. The third kappa shape index (κ3) is 4.73. The van der Waals surface area contributed by atoms with Gasteiger partial charge in [-0.3, -0.25) is 34.2 Å². The summed E-state index contributed by atoms with van der Waals surface area (Å²) in [7, 11) is 0. The number of nitrogens with zero attached hydrogens (tertiary/aromatic N) is 1. The number of rotatable bonds is 8. The SMILES string of the molecule is CCC(CC)C(=O)NCCc1cccc(-c2cccc3c2C(=O)N(C2CCC(=O)NC2=O)C3=O)c1. The zero-order chi connectivity index (χ0) is 25.1. The van der Waals surface area contributed by atoms with Crippen LogP contribution in [0.25, 0.3) is 11.1 Å². The molecule has 0 aliphatic carbocycles. The summed E-state index contributed by atoms with van der Waals surface area (Å²) < 4.78 is 0. The Bertz CT molecular complexity index is 1200. The number of amides is 5. The van der Waals surface area contributed by atoms with E-state index >= 15 is 0 Å². The Kier molecular flexibility index (Phi) is 7.10. The molecule has 0 spiro atoms. The second-order valence-corrected chi connectivity index (χ2v) is 8.93. The summed E-state index contributed by atoms with van der Waals surface area (Å²) >= 11 is 0. The number of imide groups is 2. The molecule has 2 aromatic carbocycles. The predicted octanol–water partition coefficient (Wildman–Crippen LogP) is 2.85. The average molecular weight is 476 g/mol. The first kappa shape index (κ1) is 24.3. The van der Waals surface area contributed by atoms with E-state index in [1.54, 1.807) is 18.2 Å². The molecule has 0 radical (unpaired) electrons. The minimum atomic E-state index is -1.00. The maximum absolute atomic E-state index is 13.4. The van der Waals surface area contributed by atoms with Gasteiger partial charge in [0.15, 0.2) is 0 Å². The molecule has 1 fully saturated rings. The summed E-state index contributed by atoms with van der Waals surface area (Å²) in [5.74, 6) is -2.01. The van der Waals surface area contributed by atoms with Gasteiger partial charge >= 0.3 is 0 Å². The molecule has 35 heavy (non-hydrogen) atoms. The number of hydrogen-bond donors (Lipinski definition) is 2. The molecule has 0 aromatic heterocycles. The number of hydrogen-bond acceptors (Lipinski definition) is 5. The fraction of sp³-hybridized carbons (Fsp3) is 0.370. The molecule has 2 aliphatic rings. The summed E-state index contributed by atoms with van der Waals surface area (Å²) in [5, 5.41) is 5.21. The van der Waals surface area contributed by atoms with Crippen molar-refractivity contribution in [2.45, 2.75) is 52.0 Å². The van der Waals surface area contributed by atoms with Crippen molar-refractivity contribution in [2.24, 2.45) is 5.92 Å². The Balaban J connectivity index is 1.55. The minimum Gasteiger partial charge on any atom is -0.356 e. The van der Waals surface area contributed by atoms with Gasteiger partial charge in [-0.25, -0.2) is 0 Å². The first-order valence-corrected chi connectivity index (χ1v) is 12.1. The molecule has 2 heterocycles. The lowest BCUT2D eigenvalue weighted by Gasteiger charge is -2.27. The molecule has 5 amide bonds. The number of piperidine rings is 1. The zero-order valence-electron chi connectivity index (χ0n) is 19.9. The maximum atomic E-state index is 13.4. The van der Waals surface area contributed by atoms with E-state index in [-0.39, 0.29) is 35.8 Å². The van der Waals surface area contributed by atoms with Gasteiger partial charge in [0.05, 0.1) is 11.1 Å². The maximum Gasteiger partial charge on any atom is 0.262 e. The van der Waals surface area contributed by atoms with Crippen LogP contribution in [0.4, 0.5) is 0 Å². The van der Waals surface area contributed by atoms with E-state index in [0.717, 1.165) is 28.9 Å². The van der Waals surface area contributed by atoms with Gasteiger partial charge in [-0.05, 0) is 48.4 Å². The van der Waals surface area contributed by atoms with Crippen LogP contribution < -0.4 is 10.6 Å². The van der Waals surface area contributed by atoms with Gasteiger partial charge in [-0.2, -0.15) is 0 Å². The number of benzene rings is 2. The van der Waals surface area contributed by atoms with Gasteiger partial charge in [0.2, 0.25) is 17.7 Å². The van der Waals surface area contributed by atoms with Crippen molar-refractivity contribution in [3.8, 4) is 11.1 Å². The van der Waals surface area contributed by atoms with Crippen LogP contribution in [0, 0.1) is 5.92 Å². The molecule has 1 saturated heterocycles. The van der Waals surface area contributed by atoms with Gasteiger partial charge in [0.1, 0.15) is 6.04 Å². The molecular formula is C27H29N3O5. The van der Waals surface area contributed by atoms with E-state index in [0.29, 0.717) is 18.5 Å². The molecule has 2 aromatic rings. The highest BCUT2D eigenvalue weighted by atomic mass is 16.2. The van der Waals surface area contributed by atoms with Crippen molar-refractivity contribution >= 4 is 29.5 Å². The van der Waals surface area contributed by atoms with Crippen LogP contribution in [0.5, 0.6) is 0 Å². The van der Waals surface area contributed by atoms with E-state index in [4.69, 9.17) is 0 Å². The predicted molar refractivity (Wildman–Crippen MR) is 129 cm³/mol. The lowest BCUT2D eigenvalue weighted by Crippen LogP contribution is -2.54. The van der Waals surface area contributed by atoms with Crippen LogP contribution in [0.2, 0.25) is 0 Å². The standard InChI is InChI=1S/C27H29N3O5/c1-3-17(4-2)24(32)28-14-13-16-7-5-8-18(15-16)19-9-6-10-20-23(19)27(35)30(26(20)34)21-11-12-22(31)29-25(21)33/h5-10,15,17,21H,3-4,11-14H2,1-2H3,(H,28,32)(H,29,31,33). The molecule has 8 heteroatoms. The third-order valence-corrected chi connectivity index (χ3v) is 6.78. The normalized spacial score (nSPS) is 17.6. The highest BCUT2D eigenvalue weighted by Crippen LogP contribution is 2.35. The fourth-order valence-corrected chi connectivity index (χ4v) is 4.78. The second kappa shape index (κ2) is 10.2. The van der Waals surface area contributed by atoms with Crippen molar-refractivity contribution < 1.29 is 24.0 Å². The average Bonchev–Trinajstić information content (AvgIpc) is 3.10. The topological polar surface area (TPSA) is 113 Å². The van der Waals surface area contributed by atoms with E-state index in [9.17, 15) is 24.0 Å². The summed E-state index contributed by atoms with van der Waals surface area (Å²) in [6, 6.07) is 11.7. The van der Waals surface area contributed by atoms with Crippen molar-refractivity contribution in [3.05, 3.63) is 59.2 Å². The molecule has 0 bridgehead atoms. The number of carbonyl (C=O) groups is 5. The van der Waals surface area contributed by atoms with E-state index in [1.165, 1.54) is 0 Å². The monoisotopic (exact) mass is 475 g/mol. The van der Waals surface area contributed by atoms with Crippen molar-refractivity contribution in [3.63, 3.8) is 0 Å². The van der Waals surface area contributed by atoms with Gasteiger partial charge in [0, 0.05) is 18.9 Å². The lowest BCUT2D eigenvalue weighted by molar-refractivity contribution is -0.136. The molecule has 2 N–H and O–H groups in total. The summed E-state index contributed by atoms with van der Waals surface area (Å²) in [6.45, 7) is 4.51. The van der Waals surface area contributed by atoms with Gasteiger partial charge in [-0.1, -0.05) is 50.2 Å². The first-order valence-electron chi connectivity index (χ1n) is 12.1. The summed E-state index contributed by atoms with van der Waals surface area (Å²) in [6.07, 6.45) is 2.43. The van der Waals surface area contributed by atoms with Gasteiger partial charge in [0.25, 0.3) is 11.8 Å². The molecule has 8 nitrogen and oxygen atoms in total. The van der Waals surface area contributed by atoms with E-state index < -0.39 is 29.7 Å². The minimum absolute atomic E-state index is 0.0177. The van der Waals surface area contributed by atoms with Crippen LogP contribution >= 0.6 is 0 Å². The van der Waals surface area contributed by atoms with E-state index in [2.05, 4.69) is 10.6 Å². The van der Waals surface area contributed by atoms with Crippen LogP contribution in [-0.4, -0.2) is 47.0 Å². The Hall–Kier alpha value is -3.81. The molecule has 0 saturated carbocycles. The highest BCUT2D eigenvalue weighted by molar-refractivity contribution is 6.25. The molecule has 182 valence electrons. The highest BCUT2D eigenvalue weighted by Gasteiger charge is 2.45. The Morgan fingerprint density at radius 2 is 1.74 bits per heavy atom. The number of fused-ring (bicyclic) bond motifs is 1. The Morgan fingerprint density at radius 3 is 2.46 bits per heavy atom. The Labute approximate surface area is 204 Å². The summed E-state index contributed by atoms with van der Waals surface area (Å²) in [5.41, 5.74) is 2.89. The van der Waals surface area contributed by atoms with Crippen molar-refractivity contribution in [2.75, 3.05) is 6.54 Å². The van der Waals surface area contributed by atoms with Gasteiger partial charge < -0.3 is 5.32 Å².